The Morgan fingerprint density at radius 2 is 1.54 bits per heavy atom. The fourth-order valence-corrected chi connectivity index (χ4v) is 7.52. The molecule has 0 spiro atoms. The molecule has 5 rings (SSSR count). The van der Waals surface area contributed by atoms with Crippen LogP contribution in [-0.4, -0.2) is 43.8 Å². The predicted molar refractivity (Wildman–Crippen MR) is 183 cm³/mol. The number of nitrogens with zero attached hydrogens (tertiary/aromatic N) is 2. The molecule has 2 amide bonds. The van der Waals surface area contributed by atoms with Gasteiger partial charge in [-0.25, -0.2) is 8.42 Å². The van der Waals surface area contributed by atoms with E-state index in [9.17, 15) is 18.0 Å². The molecular formula is C36H37Cl2N3O4S. The van der Waals surface area contributed by atoms with Gasteiger partial charge in [0.1, 0.15) is 12.6 Å². The van der Waals surface area contributed by atoms with Crippen LogP contribution in [0.25, 0.3) is 0 Å². The first-order chi connectivity index (χ1) is 22.1. The molecule has 4 aromatic carbocycles. The summed E-state index contributed by atoms with van der Waals surface area (Å²) in [6, 6.07) is 28.5. The van der Waals surface area contributed by atoms with Gasteiger partial charge in [0.15, 0.2) is 0 Å². The smallest absolute Gasteiger partial charge is 0.264 e. The Morgan fingerprint density at radius 1 is 0.870 bits per heavy atom. The molecule has 1 saturated carbocycles. The highest BCUT2D eigenvalue weighted by molar-refractivity contribution is 7.92. The first-order valence-electron chi connectivity index (χ1n) is 15.3. The van der Waals surface area contributed by atoms with Gasteiger partial charge in [-0.05, 0) is 67.3 Å². The van der Waals surface area contributed by atoms with Crippen LogP contribution in [0.2, 0.25) is 10.0 Å². The molecule has 10 heteroatoms. The number of amides is 2. The van der Waals surface area contributed by atoms with Crippen LogP contribution >= 0.6 is 23.2 Å². The summed E-state index contributed by atoms with van der Waals surface area (Å²) >= 11 is 12.9. The number of hydrogen-bond donors (Lipinski definition) is 1. The third-order valence-corrected chi connectivity index (χ3v) is 10.6. The molecule has 1 aliphatic rings. The van der Waals surface area contributed by atoms with Gasteiger partial charge in [-0.1, -0.05) is 108 Å². The lowest BCUT2D eigenvalue weighted by Gasteiger charge is -2.34. The molecule has 0 saturated heterocycles. The minimum atomic E-state index is -4.22. The summed E-state index contributed by atoms with van der Waals surface area (Å²) in [5.74, 6) is -0.843. The largest absolute Gasteiger partial charge is 0.352 e. The summed E-state index contributed by atoms with van der Waals surface area (Å²) in [4.78, 5) is 30.2. The quantitative estimate of drug-likeness (QED) is 0.172. The van der Waals surface area contributed by atoms with Crippen molar-refractivity contribution in [3.63, 3.8) is 0 Å². The fraction of sp³-hybridized carbons (Fsp3) is 0.278. The van der Waals surface area contributed by atoms with Gasteiger partial charge >= 0.3 is 0 Å². The Labute approximate surface area is 281 Å². The number of hydrogen-bond acceptors (Lipinski definition) is 4. The zero-order valence-corrected chi connectivity index (χ0v) is 27.9. The molecule has 46 heavy (non-hydrogen) atoms. The molecule has 1 fully saturated rings. The summed E-state index contributed by atoms with van der Waals surface area (Å²) < 4.78 is 29.4. The van der Waals surface area contributed by atoms with E-state index >= 15 is 0 Å². The van der Waals surface area contributed by atoms with E-state index in [1.54, 1.807) is 48.5 Å². The Balaban J connectivity index is 1.57. The SMILES string of the molecule is Cc1ccc(S(=O)(=O)N(CC(=O)N(Cc2ccccc2Cl)[C@H](Cc2ccccc2)C(=O)NC2CCCC2)c2cccc(Cl)c2)cc1. The number of anilines is 1. The van der Waals surface area contributed by atoms with Gasteiger partial charge in [-0.2, -0.15) is 0 Å². The number of aryl methyl sites for hydroxylation is 1. The Bertz CT molecular complexity index is 1760. The van der Waals surface area contributed by atoms with E-state index in [0.29, 0.717) is 15.6 Å². The van der Waals surface area contributed by atoms with Crippen molar-refractivity contribution >= 4 is 50.7 Å². The van der Waals surface area contributed by atoms with Crippen molar-refractivity contribution in [2.45, 2.75) is 62.6 Å². The van der Waals surface area contributed by atoms with Crippen molar-refractivity contribution in [2.75, 3.05) is 10.8 Å². The lowest BCUT2D eigenvalue weighted by atomic mass is 10.0. The van der Waals surface area contributed by atoms with Crippen molar-refractivity contribution < 1.29 is 18.0 Å². The maximum Gasteiger partial charge on any atom is 0.264 e. The number of halogens is 2. The summed E-state index contributed by atoms with van der Waals surface area (Å²) in [5.41, 5.74) is 2.63. The molecule has 0 unspecified atom stereocenters. The summed E-state index contributed by atoms with van der Waals surface area (Å²) in [5, 5.41) is 3.93. The zero-order valence-electron chi connectivity index (χ0n) is 25.6. The van der Waals surface area contributed by atoms with E-state index in [-0.39, 0.29) is 35.5 Å². The highest BCUT2D eigenvalue weighted by atomic mass is 35.5. The summed E-state index contributed by atoms with van der Waals surface area (Å²) in [7, 11) is -4.22. The first kappa shape index (κ1) is 33.5. The topological polar surface area (TPSA) is 86.8 Å². The van der Waals surface area contributed by atoms with Crippen LogP contribution in [0.15, 0.2) is 108 Å². The van der Waals surface area contributed by atoms with E-state index in [0.717, 1.165) is 41.1 Å². The van der Waals surface area contributed by atoms with Gasteiger partial charge < -0.3 is 10.2 Å². The molecule has 0 aromatic heterocycles. The van der Waals surface area contributed by atoms with Crippen LogP contribution in [0.1, 0.15) is 42.4 Å². The van der Waals surface area contributed by atoms with E-state index in [2.05, 4.69) is 5.32 Å². The van der Waals surface area contributed by atoms with Crippen LogP contribution in [-0.2, 0) is 32.6 Å². The number of carbonyl (C=O) groups is 2. The van der Waals surface area contributed by atoms with E-state index in [4.69, 9.17) is 23.2 Å². The third kappa shape index (κ3) is 8.29. The van der Waals surface area contributed by atoms with Crippen LogP contribution in [0.4, 0.5) is 5.69 Å². The first-order valence-corrected chi connectivity index (χ1v) is 17.5. The highest BCUT2D eigenvalue weighted by Crippen LogP contribution is 2.28. The van der Waals surface area contributed by atoms with Crippen molar-refractivity contribution in [1.82, 2.24) is 10.2 Å². The summed E-state index contributed by atoms with van der Waals surface area (Å²) in [6.07, 6.45) is 4.04. The molecule has 1 aliphatic carbocycles. The van der Waals surface area contributed by atoms with Gasteiger partial charge in [0.25, 0.3) is 10.0 Å². The molecule has 0 radical (unpaired) electrons. The average Bonchev–Trinajstić information content (AvgIpc) is 3.56. The average molecular weight is 679 g/mol. The number of sulfonamides is 1. The van der Waals surface area contributed by atoms with Gasteiger partial charge in [-0.3, -0.25) is 13.9 Å². The second-order valence-corrected chi connectivity index (χ2v) is 14.3. The second-order valence-electron chi connectivity index (χ2n) is 11.6. The number of rotatable bonds is 12. The minimum absolute atomic E-state index is 0.00204. The van der Waals surface area contributed by atoms with Gasteiger partial charge in [-0.15, -0.1) is 0 Å². The second kappa shape index (κ2) is 15.2. The zero-order chi connectivity index (χ0) is 32.7. The Kier molecular flexibility index (Phi) is 11.0. The van der Waals surface area contributed by atoms with Crippen LogP contribution in [0.5, 0.6) is 0 Å². The summed E-state index contributed by atoms with van der Waals surface area (Å²) in [6.45, 7) is 1.30. The predicted octanol–water partition coefficient (Wildman–Crippen LogP) is 7.20. The van der Waals surface area contributed by atoms with Gasteiger partial charge in [0.05, 0.1) is 10.6 Å². The monoisotopic (exact) mass is 677 g/mol. The molecule has 0 bridgehead atoms. The maximum atomic E-state index is 14.6. The number of benzene rings is 4. The normalized spacial score (nSPS) is 14.1. The molecule has 0 aliphatic heterocycles. The molecule has 7 nitrogen and oxygen atoms in total. The fourth-order valence-electron chi connectivity index (χ4n) is 5.73. The van der Waals surface area contributed by atoms with Crippen LogP contribution in [0.3, 0.4) is 0 Å². The van der Waals surface area contributed by atoms with Crippen LogP contribution < -0.4 is 9.62 Å². The van der Waals surface area contributed by atoms with Crippen molar-refractivity contribution in [3.05, 3.63) is 130 Å². The molecule has 4 aromatic rings. The van der Waals surface area contributed by atoms with Gasteiger partial charge in [0, 0.05) is 29.1 Å². The van der Waals surface area contributed by atoms with Crippen molar-refractivity contribution in [2.24, 2.45) is 0 Å². The molecule has 1 N–H and O–H groups in total. The molecule has 0 heterocycles. The number of carbonyl (C=O) groups excluding carboxylic acids is 2. The Morgan fingerprint density at radius 3 is 2.22 bits per heavy atom. The van der Waals surface area contributed by atoms with Gasteiger partial charge in [0.2, 0.25) is 11.8 Å². The Hall–Kier alpha value is -3.85. The standard InChI is InChI=1S/C36H37Cl2N3O4S/c1-26-18-20-32(21-19-26)46(44,45)41(31-16-9-13-29(37)23-31)25-35(42)40(24-28-12-5-8-17-33(28)38)34(22-27-10-3-2-4-11-27)36(43)39-30-14-6-7-15-30/h2-5,8-13,16-21,23,30,34H,6-7,14-15,22,24-25H2,1H3,(H,39,43)/t34-/m1/s1. The molecule has 1 atom stereocenters. The maximum absolute atomic E-state index is 14.6. The lowest BCUT2D eigenvalue weighted by Crippen LogP contribution is -2.54. The lowest BCUT2D eigenvalue weighted by molar-refractivity contribution is -0.140. The molecule has 240 valence electrons. The van der Waals surface area contributed by atoms with Crippen molar-refractivity contribution in [3.8, 4) is 0 Å². The highest BCUT2D eigenvalue weighted by Gasteiger charge is 2.36. The minimum Gasteiger partial charge on any atom is -0.352 e. The number of nitrogens with one attached hydrogen (secondary N) is 1. The third-order valence-electron chi connectivity index (χ3n) is 8.26. The van der Waals surface area contributed by atoms with Crippen LogP contribution in [0, 0.1) is 6.92 Å². The van der Waals surface area contributed by atoms with E-state index in [1.807, 2.05) is 43.3 Å². The van der Waals surface area contributed by atoms with E-state index in [1.165, 1.54) is 23.1 Å². The van der Waals surface area contributed by atoms with Crippen molar-refractivity contribution in [1.29, 1.82) is 0 Å². The van der Waals surface area contributed by atoms with E-state index < -0.39 is 28.5 Å². The molecular weight excluding hydrogens is 641 g/mol.